The monoisotopic (exact) mass is 225 g/mol. The molecule has 3 heteroatoms. The molecule has 0 unspecified atom stereocenters. The van der Waals surface area contributed by atoms with Gasteiger partial charge in [-0.3, -0.25) is 0 Å². The van der Waals surface area contributed by atoms with Crippen molar-refractivity contribution in [1.82, 2.24) is 4.90 Å². The third kappa shape index (κ3) is 2.18. The van der Waals surface area contributed by atoms with Crippen molar-refractivity contribution in [3.8, 4) is 0 Å². The SMILES string of the molecule is CC(C)(C)OC(=O)N1CCCC12CCCC2. The van der Waals surface area contributed by atoms with E-state index in [1.807, 2.05) is 25.7 Å². The second kappa shape index (κ2) is 3.94. The van der Waals surface area contributed by atoms with Crippen LogP contribution in [0.2, 0.25) is 0 Å². The van der Waals surface area contributed by atoms with Crippen LogP contribution < -0.4 is 0 Å². The predicted molar refractivity (Wildman–Crippen MR) is 63.4 cm³/mol. The molecule has 1 heterocycles. The van der Waals surface area contributed by atoms with E-state index in [0.717, 1.165) is 13.0 Å². The van der Waals surface area contributed by atoms with Crippen LogP contribution in [0.4, 0.5) is 4.79 Å². The summed E-state index contributed by atoms with van der Waals surface area (Å²) in [4.78, 5) is 14.1. The molecule has 0 aromatic carbocycles. The van der Waals surface area contributed by atoms with Crippen molar-refractivity contribution < 1.29 is 9.53 Å². The third-order valence-corrected chi connectivity index (χ3v) is 3.74. The second-order valence-electron chi connectivity index (χ2n) is 6.17. The highest BCUT2D eigenvalue weighted by Gasteiger charge is 2.46. The Morgan fingerprint density at radius 2 is 1.69 bits per heavy atom. The number of rotatable bonds is 0. The molecule has 2 fully saturated rings. The lowest BCUT2D eigenvalue weighted by Crippen LogP contribution is -2.47. The van der Waals surface area contributed by atoms with Gasteiger partial charge in [0, 0.05) is 12.1 Å². The molecule has 1 saturated heterocycles. The van der Waals surface area contributed by atoms with Crippen molar-refractivity contribution >= 4 is 6.09 Å². The van der Waals surface area contributed by atoms with E-state index in [1.54, 1.807) is 0 Å². The first-order valence-electron chi connectivity index (χ1n) is 6.44. The van der Waals surface area contributed by atoms with Crippen molar-refractivity contribution in [2.24, 2.45) is 0 Å². The molecule has 0 aromatic heterocycles. The van der Waals surface area contributed by atoms with Crippen LogP contribution in [0, 0.1) is 0 Å². The average molecular weight is 225 g/mol. The van der Waals surface area contributed by atoms with Crippen molar-refractivity contribution in [2.75, 3.05) is 6.54 Å². The zero-order valence-electron chi connectivity index (χ0n) is 10.7. The van der Waals surface area contributed by atoms with E-state index < -0.39 is 0 Å². The van der Waals surface area contributed by atoms with E-state index in [2.05, 4.69) is 0 Å². The Morgan fingerprint density at radius 3 is 2.25 bits per heavy atom. The van der Waals surface area contributed by atoms with Gasteiger partial charge < -0.3 is 9.64 Å². The standard InChI is InChI=1S/C13H23NO2/c1-12(2,3)16-11(15)14-10-6-9-13(14)7-4-5-8-13/h4-10H2,1-3H3. The maximum atomic E-state index is 12.1. The van der Waals surface area contributed by atoms with E-state index in [9.17, 15) is 4.79 Å². The van der Waals surface area contributed by atoms with Gasteiger partial charge in [-0.15, -0.1) is 0 Å². The third-order valence-electron chi connectivity index (χ3n) is 3.74. The van der Waals surface area contributed by atoms with Gasteiger partial charge in [0.25, 0.3) is 0 Å². The van der Waals surface area contributed by atoms with Crippen LogP contribution in [-0.2, 0) is 4.74 Å². The normalized spacial score (nSPS) is 24.1. The van der Waals surface area contributed by atoms with Crippen LogP contribution in [0.25, 0.3) is 0 Å². The van der Waals surface area contributed by atoms with E-state index in [1.165, 1.54) is 32.1 Å². The summed E-state index contributed by atoms with van der Waals surface area (Å²) in [6.07, 6.45) is 7.08. The number of nitrogens with zero attached hydrogens (tertiary/aromatic N) is 1. The first-order chi connectivity index (χ1) is 7.43. The fourth-order valence-electron chi connectivity index (χ4n) is 3.09. The number of carbonyl (C=O) groups excluding carboxylic acids is 1. The molecule has 3 nitrogen and oxygen atoms in total. The Morgan fingerprint density at radius 1 is 1.12 bits per heavy atom. The molecule has 0 radical (unpaired) electrons. The first-order valence-corrected chi connectivity index (χ1v) is 6.44. The molecule has 1 spiro atoms. The number of likely N-dealkylation sites (tertiary alicyclic amines) is 1. The molecule has 16 heavy (non-hydrogen) atoms. The summed E-state index contributed by atoms with van der Waals surface area (Å²) in [5, 5.41) is 0. The van der Waals surface area contributed by atoms with Crippen molar-refractivity contribution in [1.29, 1.82) is 0 Å². The fraction of sp³-hybridized carbons (Fsp3) is 0.923. The molecule has 1 amide bonds. The summed E-state index contributed by atoms with van der Waals surface area (Å²) in [6.45, 7) is 6.68. The molecule has 0 atom stereocenters. The Kier molecular flexibility index (Phi) is 2.89. The van der Waals surface area contributed by atoms with Gasteiger partial charge in [-0.05, 0) is 46.5 Å². The number of amides is 1. The Hall–Kier alpha value is -0.730. The average Bonchev–Trinajstić information content (AvgIpc) is 2.74. The summed E-state index contributed by atoms with van der Waals surface area (Å²) < 4.78 is 5.50. The largest absolute Gasteiger partial charge is 0.444 e. The molecule has 0 N–H and O–H groups in total. The fourth-order valence-corrected chi connectivity index (χ4v) is 3.09. The van der Waals surface area contributed by atoms with Crippen LogP contribution in [-0.4, -0.2) is 28.7 Å². The Bertz CT molecular complexity index is 269. The summed E-state index contributed by atoms with van der Waals surface area (Å²) in [5.74, 6) is 0. The highest BCUT2D eigenvalue weighted by Crippen LogP contribution is 2.43. The number of ether oxygens (including phenoxy) is 1. The van der Waals surface area contributed by atoms with E-state index in [4.69, 9.17) is 4.74 Å². The van der Waals surface area contributed by atoms with E-state index >= 15 is 0 Å². The minimum Gasteiger partial charge on any atom is -0.444 e. The molecule has 1 saturated carbocycles. The molecule has 1 aliphatic heterocycles. The van der Waals surface area contributed by atoms with Gasteiger partial charge in [-0.2, -0.15) is 0 Å². The molecule has 0 aromatic rings. The summed E-state index contributed by atoms with van der Waals surface area (Å²) in [6, 6.07) is 0. The zero-order chi connectivity index (χ0) is 11.8. The van der Waals surface area contributed by atoms with E-state index in [-0.39, 0.29) is 17.2 Å². The van der Waals surface area contributed by atoms with Crippen molar-refractivity contribution in [2.45, 2.75) is 70.4 Å². The van der Waals surface area contributed by atoms with Crippen LogP contribution >= 0.6 is 0 Å². The summed E-state index contributed by atoms with van der Waals surface area (Å²) in [5.41, 5.74) is -0.220. The van der Waals surface area contributed by atoms with Crippen LogP contribution in [0.3, 0.4) is 0 Å². The van der Waals surface area contributed by atoms with Crippen LogP contribution in [0.5, 0.6) is 0 Å². The maximum Gasteiger partial charge on any atom is 0.410 e. The van der Waals surface area contributed by atoms with Gasteiger partial charge in [0.15, 0.2) is 0 Å². The second-order valence-corrected chi connectivity index (χ2v) is 6.17. The number of carbonyl (C=O) groups is 1. The lowest BCUT2D eigenvalue weighted by Gasteiger charge is -2.36. The van der Waals surface area contributed by atoms with Crippen molar-refractivity contribution in [3.63, 3.8) is 0 Å². The first kappa shape index (κ1) is 11.7. The minimum absolute atomic E-state index is 0.105. The van der Waals surface area contributed by atoms with Gasteiger partial charge >= 0.3 is 6.09 Å². The van der Waals surface area contributed by atoms with Gasteiger partial charge in [-0.1, -0.05) is 12.8 Å². The van der Waals surface area contributed by atoms with Gasteiger partial charge in [0.2, 0.25) is 0 Å². The maximum absolute atomic E-state index is 12.1. The topological polar surface area (TPSA) is 29.5 Å². The van der Waals surface area contributed by atoms with Crippen molar-refractivity contribution in [3.05, 3.63) is 0 Å². The molecule has 2 rings (SSSR count). The molecular weight excluding hydrogens is 202 g/mol. The molecule has 2 aliphatic rings. The van der Waals surface area contributed by atoms with Gasteiger partial charge in [0.05, 0.1) is 0 Å². The van der Waals surface area contributed by atoms with Gasteiger partial charge in [0.1, 0.15) is 5.60 Å². The summed E-state index contributed by atoms with van der Waals surface area (Å²) in [7, 11) is 0. The zero-order valence-corrected chi connectivity index (χ0v) is 10.7. The summed E-state index contributed by atoms with van der Waals surface area (Å²) >= 11 is 0. The highest BCUT2D eigenvalue weighted by atomic mass is 16.6. The minimum atomic E-state index is -0.376. The van der Waals surface area contributed by atoms with E-state index in [0.29, 0.717) is 0 Å². The Labute approximate surface area is 98.1 Å². The lowest BCUT2D eigenvalue weighted by molar-refractivity contribution is 0.00881. The Balaban J connectivity index is 2.05. The number of hydrogen-bond acceptors (Lipinski definition) is 2. The quantitative estimate of drug-likeness (QED) is 0.633. The van der Waals surface area contributed by atoms with Crippen LogP contribution in [0.15, 0.2) is 0 Å². The van der Waals surface area contributed by atoms with Gasteiger partial charge in [-0.25, -0.2) is 4.79 Å². The smallest absolute Gasteiger partial charge is 0.410 e. The predicted octanol–water partition coefficient (Wildman–Crippen LogP) is 3.33. The van der Waals surface area contributed by atoms with Crippen LogP contribution in [0.1, 0.15) is 59.3 Å². The molecular formula is C13H23NO2. The molecule has 1 aliphatic carbocycles. The molecule has 0 bridgehead atoms. The lowest BCUT2D eigenvalue weighted by atomic mass is 9.95. The number of hydrogen-bond donors (Lipinski definition) is 0. The highest BCUT2D eigenvalue weighted by molar-refractivity contribution is 5.69. The molecule has 92 valence electrons.